The van der Waals surface area contributed by atoms with Gasteiger partial charge in [-0.05, 0) is 69.4 Å². The third-order valence-electron chi connectivity index (χ3n) is 5.20. The molecule has 0 aliphatic carbocycles. The van der Waals surface area contributed by atoms with Gasteiger partial charge in [0.25, 0.3) is 0 Å². The average molecular weight is 412 g/mol. The highest BCUT2D eigenvalue weighted by Crippen LogP contribution is 2.24. The number of carbonyl (C=O) groups excluding carboxylic acids is 1. The van der Waals surface area contributed by atoms with Gasteiger partial charge in [0.1, 0.15) is 17.1 Å². The van der Waals surface area contributed by atoms with Crippen molar-refractivity contribution >= 4 is 6.09 Å². The summed E-state index contributed by atoms with van der Waals surface area (Å²) in [5.41, 5.74) is 1.98. The molecule has 162 valence electrons. The van der Waals surface area contributed by atoms with E-state index in [9.17, 15) is 4.79 Å². The zero-order valence-electron chi connectivity index (χ0n) is 18.5. The van der Waals surface area contributed by atoms with E-state index in [1.54, 1.807) is 12.0 Å². The van der Waals surface area contributed by atoms with E-state index in [2.05, 4.69) is 18.2 Å². The van der Waals surface area contributed by atoms with E-state index in [4.69, 9.17) is 14.2 Å². The van der Waals surface area contributed by atoms with Gasteiger partial charge in [0.2, 0.25) is 0 Å². The van der Waals surface area contributed by atoms with Crippen molar-refractivity contribution in [2.75, 3.05) is 26.8 Å². The molecule has 0 saturated carbocycles. The van der Waals surface area contributed by atoms with Crippen LogP contribution in [0.5, 0.6) is 11.5 Å². The smallest absolute Gasteiger partial charge is 0.410 e. The third-order valence-corrected chi connectivity index (χ3v) is 5.20. The van der Waals surface area contributed by atoms with Crippen molar-refractivity contribution < 1.29 is 19.0 Å². The first-order valence-electron chi connectivity index (χ1n) is 10.7. The first-order valence-corrected chi connectivity index (χ1v) is 10.7. The van der Waals surface area contributed by atoms with Crippen LogP contribution in [0.15, 0.2) is 48.5 Å². The maximum atomic E-state index is 12.3. The molecule has 0 bridgehead atoms. The Morgan fingerprint density at radius 2 is 1.90 bits per heavy atom. The number of ether oxygens (including phenoxy) is 3. The molecule has 1 aliphatic heterocycles. The minimum atomic E-state index is -0.465. The van der Waals surface area contributed by atoms with Crippen molar-refractivity contribution in [3.8, 4) is 11.5 Å². The van der Waals surface area contributed by atoms with E-state index in [0.717, 1.165) is 37.3 Å². The van der Waals surface area contributed by atoms with Gasteiger partial charge in [-0.3, -0.25) is 0 Å². The number of aryl methyl sites for hydroxylation is 2. The van der Waals surface area contributed by atoms with Crippen LogP contribution in [-0.2, 0) is 17.6 Å². The Labute approximate surface area is 179 Å². The monoisotopic (exact) mass is 411 g/mol. The topological polar surface area (TPSA) is 48.0 Å². The fourth-order valence-electron chi connectivity index (χ4n) is 3.63. The Morgan fingerprint density at radius 3 is 2.67 bits per heavy atom. The van der Waals surface area contributed by atoms with Gasteiger partial charge in [-0.2, -0.15) is 0 Å². The van der Waals surface area contributed by atoms with Gasteiger partial charge in [0.15, 0.2) is 0 Å². The van der Waals surface area contributed by atoms with Crippen LogP contribution < -0.4 is 9.47 Å². The van der Waals surface area contributed by atoms with Crippen molar-refractivity contribution in [1.82, 2.24) is 4.90 Å². The highest BCUT2D eigenvalue weighted by atomic mass is 16.6. The van der Waals surface area contributed by atoms with E-state index < -0.39 is 5.60 Å². The summed E-state index contributed by atoms with van der Waals surface area (Å²) in [6, 6.07) is 16.4. The highest BCUT2D eigenvalue weighted by molar-refractivity contribution is 5.68. The molecule has 0 spiro atoms. The minimum Gasteiger partial charge on any atom is -0.497 e. The Bertz CT molecular complexity index is 843. The molecular formula is C25H33NO4. The number of hydrogen-bond donors (Lipinski definition) is 0. The normalized spacial score (nSPS) is 16.4. The molecule has 1 amide bonds. The number of carbonyl (C=O) groups is 1. The van der Waals surface area contributed by atoms with Crippen molar-refractivity contribution in [1.29, 1.82) is 0 Å². The van der Waals surface area contributed by atoms with Crippen LogP contribution in [-0.4, -0.2) is 43.4 Å². The summed E-state index contributed by atoms with van der Waals surface area (Å²) < 4.78 is 17.0. The van der Waals surface area contributed by atoms with Crippen molar-refractivity contribution in [3.63, 3.8) is 0 Å². The van der Waals surface area contributed by atoms with Crippen LogP contribution in [0.25, 0.3) is 0 Å². The number of methoxy groups -OCH3 is 1. The molecule has 1 heterocycles. The molecule has 0 N–H and O–H groups in total. The molecule has 30 heavy (non-hydrogen) atoms. The lowest BCUT2D eigenvalue weighted by Gasteiger charge is -2.24. The summed E-state index contributed by atoms with van der Waals surface area (Å²) in [5, 5.41) is 0. The maximum absolute atomic E-state index is 12.3. The largest absolute Gasteiger partial charge is 0.497 e. The van der Waals surface area contributed by atoms with E-state index >= 15 is 0 Å². The number of likely N-dealkylation sites (tertiary alicyclic amines) is 1. The van der Waals surface area contributed by atoms with E-state index in [1.165, 1.54) is 11.1 Å². The Hall–Kier alpha value is -2.69. The van der Waals surface area contributed by atoms with Crippen LogP contribution in [0.2, 0.25) is 0 Å². The Morgan fingerprint density at radius 1 is 1.10 bits per heavy atom. The molecule has 2 aromatic carbocycles. The summed E-state index contributed by atoms with van der Waals surface area (Å²) in [5.74, 6) is 2.13. The summed E-state index contributed by atoms with van der Waals surface area (Å²) in [7, 11) is 1.69. The van der Waals surface area contributed by atoms with Crippen LogP contribution >= 0.6 is 0 Å². The lowest BCUT2D eigenvalue weighted by molar-refractivity contribution is 0.0284. The average Bonchev–Trinajstić information content (AvgIpc) is 3.19. The lowest BCUT2D eigenvalue weighted by Crippen LogP contribution is -2.35. The van der Waals surface area contributed by atoms with E-state index in [-0.39, 0.29) is 6.09 Å². The second-order valence-corrected chi connectivity index (χ2v) is 8.85. The second-order valence-electron chi connectivity index (χ2n) is 8.85. The van der Waals surface area contributed by atoms with Crippen LogP contribution in [0.1, 0.15) is 38.3 Å². The summed E-state index contributed by atoms with van der Waals surface area (Å²) in [6.45, 7) is 7.69. The molecule has 5 nitrogen and oxygen atoms in total. The first-order chi connectivity index (χ1) is 14.3. The van der Waals surface area contributed by atoms with Crippen molar-refractivity contribution in [2.24, 2.45) is 5.92 Å². The van der Waals surface area contributed by atoms with Crippen LogP contribution in [0.3, 0.4) is 0 Å². The third kappa shape index (κ3) is 6.41. The lowest BCUT2D eigenvalue weighted by atomic mass is 10.0. The fourth-order valence-corrected chi connectivity index (χ4v) is 3.63. The molecule has 1 unspecified atom stereocenters. The highest BCUT2D eigenvalue weighted by Gasteiger charge is 2.30. The summed E-state index contributed by atoms with van der Waals surface area (Å²) in [6.07, 6.45) is 2.53. The molecule has 0 aromatic heterocycles. The number of hydrogen-bond acceptors (Lipinski definition) is 4. The van der Waals surface area contributed by atoms with Gasteiger partial charge in [-0.1, -0.05) is 30.3 Å². The first kappa shape index (κ1) is 22.0. The van der Waals surface area contributed by atoms with Gasteiger partial charge in [-0.25, -0.2) is 4.79 Å². The number of rotatable bonds is 7. The zero-order valence-corrected chi connectivity index (χ0v) is 18.5. The van der Waals surface area contributed by atoms with Crippen molar-refractivity contribution in [2.45, 2.75) is 45.6 Å². The molecule has 3 rings (SSSR count). The standard InChI is InChI=1S/C25H33NO4/c1-25(2,3)30-24(27)26-15-14-20(17-26)18-29-23-11-6-5-9-21(23)13-12-19-8-7-10-22(16-19)28-4/h5-11,16,20H,12-15,17-18H2,1-4H3. The summed E-state index contributed by atoms with van der Waals surface area (Å²) in [4.78, 5) is 14.0. The molecule has 2 aromatic rings. The van der Waals surface area contributed by atoms with Crippen LogP contribution in [0, 0.1) is 5.92 Å². The van der Waals surface area contributed by atoms with Gasteiger partial charge >= 0.3 is 6.09 Å². The molecule has 5 heteroatoms. The quantitative estimate of drug-likeness (QED) is 0.635. The maximum Gasteiger partial charge on any atom is 0.410 e. The SMILES string of the molecule is COc1cccc(CCc2ccccc2OCC2CCN(C(=O)OC(C)(C)C)C2)c1. The van der Waals surface area contributed by atoms with E-state index in [1.807, 2.05) is 51.1 Å². The molecule has 0 radical (unpaired) electrons. The number of benzene rings is 2. The van der Waals surface area contributed by atoms with Crippen LogP contribution in [0.4, 0.5) is 4.79 Å². The van der Waals surface area contributed by atoms with Gasteiger partial charge in [0.05, 0.1) is 13.7 Å². The zero-order chi connectivity index (χ0) is 21.6. The second kappa shape index (κ2) is 9.88. The minimum absolute atomic E-state index is 0.233. The Balaban J connectivity index is 1.52. The molecule has 1 fully saturated rings. The number of nitrogens with zero attached hydrogens (tertiary/aromatic N) is 1. The van der Waals surface area contributed by atoms with E-state index in [0.29, 0.717) is 19.1 Å². The summed E-state index contributed by atoms with van der Waals surface area (Å²) >= 11 is 0. The number of amides is 1. The van der Waals surface area contributed by atoms with Gasteiger partial charge in [0, 0.05) is 19.0 Å². The predicted molar refractivity (Wildman–Crippen MR) is 118 cm³/mol. The fraction of sp³-hybridized carbons (Fsp3) is 0.480. The molecule has 1 aliphatic rings. The Kier molecular flexibility index (Phi) is 7.24. The van der Waals surface area contributed by atoms with Gasteiger partial charge in [-0.15, -0.1) is 0 Å². The molecular weight excluding hydrogens is 378 g/mol. The predicted octanol–water partition coefficient (Wildman–Crippen LogP) is 5.12. The molecule has 1 saturated heterocycles. The number of para-hydroxylation sites is 1. The molecule has 1 atom stereocenters. The van der Waals surface area contributed by atoms with Gasteiger partial charge < -0.3 is 19.1 Å². The van der Waals surface area contributed by atoms with Crippen molar-refractivity contribution in [3.05, 3.63) is 59.7 Å².